The summed E-state index contributed by atoms with van der Waals surface area (Å²) in [6.45, 7) is 5.19. The summed E-state index contributed by atoms with van der Waals surface area (Å²) in [5.74, 6) is -3.07. The first-order valence-corrected chi connectivity index (χ1v) is 18.1. The third kappa shape index (κ3) is 11.7. The van der Waals surface area contributed by atoms with E-state index in [1.807, 2.05) is 32.9 Å². The average Bonchev–Trinajstić information content (AvgIpc) is 3.05. The molecule has 2 amide bonds. The van der Waals surface area contributed by atoms with Crippen molar-refractivity contribution in [2.24, 2.45) is 5.73 Å². The van der Waals surface area contributed by atoms with Crippen molar-refractivity contribution in [1.82, 2.24) is 5.32 Å². The van der Waals surface area contributed by atoms with E-state index in [4.69, 9.17) is 10.5 Å². The molecule has 0 saturated heterocycles. The van der Waals surface area contributed by atoms with E-state index < -0.39 is 69.2 Å². The molecule has 3 aromatic rings. The monoisotopic (exact) mass is 687 g/mol. The van der Waals surface area contributed by atoms with Gasteiger partial charge in [0, 0.05) is 17.8 Å². The summed E-state index contributed by atoms with van der Waals surface area (Å²) >= 11 is 0. The molecule has 0 heterocycles. The number of nitrogens with one attached hydrogen (secondary N) is 1. The van der Waals surface area contributed by atoms with Crippen LogP contribution in [0.15, 0.2) is 72.8 Å². The molecule has 3 rings (SSSR count). The van der Waals surface area contributed by atoms with Crippen LogP contribution in [0.1, 0.15) is 63.1 Å². The average molecular weight is 688 g/mol. The number of carbonyl (C=O) groups excluding carboxylic acids is 2. The first kappa shape index (κ1) is 38.6. The van der Waals surface area contributed by atoms with E-state index in [1.165, 1.54) is 4.90 Å². The van der Waals surface area contributed by atoms with Crippen molar-refractivity contribution in [2.75, 3.05) is 17.2 Å². The zero-order valence-corrected chi connectivity index (χ0v) is 28.6. The molecule has 48 heavy (non-hydrogen) atoms. The summed E-state index contributed by atoms with van der Waals surface area (Å²) in [7, 11) is -3.90. The molecule has 4 N–H and O–H groups in total. The number of hydrogen-bond acceptors (Lipinski definition) is 7. The Morgan fingerprint density at radius 1 is 0.896 bits per heavy atom. The molecule has 0 aliphatic rings. The first-order valence-electron chi connectivity index (χ1n) is 16.3. The first-order chi connectivity index (χ1) is 22.9. The molecule has 3 atom stereocenters. The number of alkyl carbamates (subject to hydrolysis) is 1. The molecule has 0 fully saturated rings. The van der Waals surface area contributed by atoms with Crippen molar-refractivity contribution in [1.29, 1.82) is 0 Å². The molecule has 3 aromatic carbocycles. The summed E-state index contributed by atoms with van der Waals surface area (Å²) in [6.07, 6.45) is 0.154. The van der Waals surface area contributed by atoms with Crippen LogP contribution in [0.25, 0.3) is 0 Å². The second kappa shape index (κ2) is 18.6. The molecule has 0 aliphatic carbocycles. The number of aliphatic hydroxyl groups is 1. The molecule has 0 saturated carbocycles. The molecule has 0 bridgehead atoms. The highest BCUT2D eigenvalue weighted by atomic mass is 32.2. The fourth-order valence-corrected chi connectivity index (χ4v) is 7.66. The lowest BCUT2D eigenvalue weighted by Crippen LogP contribution is -2.56. The Morgan fingerprint density at radius 2 is 1.52 bits per heavy atom. The maximum absolute atomic E-state index is 14.4. The van der Waals surface area contributed by atoms with Crippen LogP contribution in [0.4, 0.5) is 19.3 Å². The number of benzene rings is 3. The third-order valence-corrected chi connectivity index (χ3v) is 10.4. The topological polar surface area (TPSA) is 139 Å². The Labute approximate surface area is 282 Å². The highest BCUT2D eigenvalue weighted by Crippen LogP contribution is 2.22. The van der Waals surface area contributed by atoms with Gasteiger partial charge < -0.3 is 25.8 Å². The zero-order chi connectivity index (χ0) is 35.3. The zero-order valence-electron chi connectivity index (χ0n) is 27.8. The lowest BCUT2D eigenvalue weighted by Gasteiger charge is -2.32. The van der Waals surface area contributed by atoms with Gasteiger partial charge in [0.2, 0.25) is 0 Å². The van der Waals surface area contributed by atoms with E-state index in [9.17, 15) is 31.9 Å². The number of ether oxygens (including phenoxy) is 1. The van der Waals surface area contributed by atoms with E-state index in [-0.39, 0.29) is 18.6 Å². The minimum Gasteiger partial charge on any atom is -0.445 e. The molecule has 0 aliphatic heterocycles. The predicted molar refractivity (Wildman–Crippen MR) is 183 cm³/mol. The largest absolute Gasteiger partial charge is 0.445 e. The second-order valence-corrected chi connectivity index (χ2v) is 14.3. The van der Waals surface area contributed by atoms with Gasteiger partial charge in [-0.2, -0.15) is 0 Å². The Balaban J connectivity index is 1.96. The maximum atomic E-state index is 14.4. The highest BCUT2D eigenvalue weighted by Gasteiger charge is 2.36. The minimum absolute atomic E-state index is 0.106. The van der Waals surface area contributed by atoms with Crippen LogP contribution < -0.4 is 16.0 Å². The lowest BCUT2D eigenvalue weighted by atomic mass is 10.0. The number of nitrogens with zero attached hydrogens (tertiary/aromatic N) is 1. The molecule has 2 unspecified atom stereocenters. The number of aliphatic hydroxyl groups excluding tert-OH is 1. The number of aryl methyl sites for hydroxylation is 1. The fraction of sp³-hybridized carbons (Fsp3) is 0.444. The normalized spacial score (nSPS) is 13.5. The number of anilines is 1. The van der Waals surface area contributed by atoms with Crippen molar-refractivity contribution in [2.45, 2.75) is 89.3 Å². The van der Waals surface area contributed by atoms with Gasteiger partial charge in [0.25, 0.3) is 5.91 Å². The van der Waals surface area contributed by atoms with Crippen LogP contribution in [-0.4, -0.2) is 61.3 Å². The Hall–Kier alpha value is -3.87. The van der Waals surface area contributed by atoms with Gasteiger partial charge in [0.05, 0.1) is 23.7 Å². The van der Waals surface area contributed by atoms with E-state index >= 15 is 0 Å². The van der Waals surface area contributed by atoms with Crippen LogP contribution in [-0.2, 0) is 38.8 Å². The standard InChI is InChI=1S/C36H47F2N3O6S/c1-4-11-31(12-5-2)48(45,46)24-33(40-36(44)47-23-26-13-8-7-9-14-26)35(43)41(30-16-10-15-25(6-3)19-30)22-34(42)32(39)20-27-17-28(37)21-29(38)18-27/h7-10,13-19,21,31-34,42H,4-6,11-12,20,22-24,39H2,1-3H3,(H,40,44)/t32-,33?,34?/m0/s1. The summed E-state index contributed by atoms with van der Waals surface area (Å²) < 4.78 is 60.5. The van der Waals surface area contributed by atoms with Crippen molar-refractivity contribution >= 4 is 27.5 Å². The van der Waals surface area contributed by atoms with Crippen LogP contribution in [0.3, 0.4) is 0 Å². The van der Waals surface area contributed by atoms with E-state index in [0.717, 1.165) is 23.8 Å². The van der Waals surface area contributed by atoms with Crippen LogP contribution in [0, 0.1) is 11.6 Å². The van der Waals surface area contributed by atoms with Gasteiger partial charge in [-0.1, -0.05) is 76.1 Å². The number of rotatable bonds is 18. The number of hydrogen-bond donors (Lipinski definition) is 3. The summed E-state index contributed by atoms with van der Waals surface area (Å²) in [5.41, 5.74) is 8.40. The number of halogens is 2. The smallest absolute Gasteiger partial charge is 0.408 e. The molecule has 0 aromatic heterocycles. The molecule has 0 spiro atoms. The maximum Gasteiger partial charge on any atom is 0.408 e. The molecular weight excluding hydrogens is 640 g/mol. The van der Waals surface area contributed by atoms with E-state index in [2.05, 4.69) is 5.32 Å². The summed E-state index contributed by atoms with van der Waals surface area (Å²) in [4.78, 5) is 28.7. The highest BCUT2D eigenvalue weighted by molar-refractivity contribution is 7.92. The summed E-state index contributed by atoms with van der Waals surface area (Å²) in [6, 6.07) is 16.1. The second-order valence-electron chi connectivity index (χ2n) is 12.0. The molecular formula is C36H47F2N3O6S. The van der Waals surface area contributed by atoms with Gasteiger partial charge in [-0.15, -0.1) is 0 Å². The number of carbonyl (C=O) groups is 2. The SMILES string of the molecule is CCCC(CCC)S(=O)(=O)CC(NC(=O)OCc1ccccc1)C(=O)N(CC(O)[C@@H](N)Cc1cc(F)cc(F)c1)c1cccc(CC)c1. The third-order valence-electron chi connectivity index (χ3n) is 8.09. The van der Waals surface area contributed by atoms with Gasteiger partial charge in [-0.25, -0.2) is 22.0 Å². The van der Waals surface area contributed by atoms with Crippen LogP contribution >= 0.6 is 0 Å². The molecule has 262 valence electrons. The molecule has 0 radical (unpaired) electrons. The predicted octanol–water partition coefficient (Wildman–Crippen LogP) is 5.47. The summed E-state index contributed by atoms with van der Waals surface area (Å²) in [5, 5.41) is 13.0. The van der Waals surface area contributed by atoms with Gasteiger partial charge in [-0.05, 0) is 66.6 Å². The minimum atomic E-state index is -3.90. The number of amides is 2. The van der Waals surface area contributed by atoms with Crippen molar-refractivity contribution in [3.8, 4) is 0 Å². The number of nitrogens with two attached hydrogens (primary N) is 1. The molecule has 12 heteroatoms. The molecule has 9 nitrogen and oxygen atoms in total. The Kier molecular flexibility index (Phi) is 15.0. The van der Waals surface area contributed by atoms with Crippen molar-refractivity contribution in [3.05, 3.63) is 101 Å². The fourth-order valence-electron chi connectivity index (χ4n) is 5.51. The van der Waals surface area contributed by atoms with Crippen molar-refractivity contribution < 1.29 is 36.6 Å². The van der Waals surface area contributed by atoms with Gasteiger partial charge in [0.1, 0.15) is 24.3 Å². The number of sulfone groups is 1. The van der Waals surface area contributed by atoms with Crippen LogP contribution in [0.2, 0.25) is 0 Å². The van der Waals surface area contributed by atoms with Gasteiger partial charge in [0.15, 0.2) is 9.84 Å². The Morgan fingerprint density at radius 3 is 2.12 bits per heavy atom. The van der Waals surface area contributed by atoms with Gasteiger partial charge >= 0.3 is 6.09 Å². The van der Waals surface area contributed by atoms with Gasteiger partial charge in [-0.3, -0.25) is 4.79 Å². The van der Waals surface area contributed by atoms with E-state index in [0.29, 0.717) is 43.4 Å². The quantitative estimate of drug-likeness (QED) is 0.161. The van der Waals surface area contributed by atoms with E-state index in [1.54, 1.807) is 42.5 Å². The Bertz CT molecular complexity index is 1570. The lowest BCUT2D eigenvalue weighted by molar-refractivity contribution is -0.120. The van der Waals surface area contributed by atoms with Crippen molar-refractivity contribution in [3.63, 3.8) is 0 Å². The van der Waals surface area contributed by atoms with Crippen LogP contribution in [0.5, 0.6) is 0 Å².